The molecule has 0 heterocycles. The Morgan fingerprint density at radius 1 is 1.04 bits per heavy atom. The summed E-state index contributed by atoms with van der Waals surface area (Å²) in [7, 11) is 3.14. The molecule has 1 N–H and O–H groups in total. The number of likely N-dealkylation sites (N-methyl/N-ethyl adjacent to an activating group) is 1. The molecule has 0 aliphatic rings. The molecule has 2 amide bonds. The van der Waals surface area contributed by atoms with Crippen LogP contribution in [0.1, 0.15) is 17.3 Å². The molecule has 2 aromatic carbocycles. The predicted octanol–water partition coefficient (Wildman–Crippen LogP) is 2.02. The Balaban J connectivity index is 1.83. The number of para-hydroxylation sites is 1. The van der Waals surface area contributed by atoms with Crippen molar-refractivity contribution in [3.63, 3.8) is 0 Å². The molecule has 1 atom stereocenters. The maximum atomic E-state index is 12.3. The van der Waals surface area contributed by atoms with E-state index in [0.29, 0.717) is 17.0 Å². The van der Waals surface area contributed by atoms with Gasteiger partial charge < -0.3 is 19.7 Å². The van der Waals surface area contributed by atoms with E-state index in [-0.39, 0.29) is 12.5 Å². The zero-order valence-corrected chi connectivity index (χ0v) is 15.5. The smallest absolute Gasteiger partial charge is 0.326 e. The molecule has 0 aromatic heterocycles. The van der Waals surface area contributed by atoms with Gasteiger partial charge in [0.2, 0.25) is 0 Å². The lowest BCUT2D eigenvalue weighted by Gasteiger charge is -2.21. The second kappa shape index (κ2) is 9.38. The molecule has 0 fully saturated rings. The number of esters is 1. The van der Waals surface area contributed by atoms with Gasteiger partial charge in [-0.15, -0.1) is 0 Å². The monoisotopic (exact) mass is 370 g/mol. The number of rotatable bonds is 7. The standard InChI is InChI=1S/C20H22N2O5/c1-14(20(25)22(2)16-7-5-4-6-8-16)27-18(23)13-21-19(24)15-9-11-17(26-3)12-10-15/h4-12,14H,13H2,1-3H3,(H,21,24)/t14-/m0/s1. The summed E-state index contributed by atoms with van der Waals surface area (Å²) in [6.45, 7) is 1.16. The van der Waals surface area contributed by atoms with Crippen molar-refractivity contribution in [2.24, 2.45) is 0 Å². The van der Waals surface area contributed by atoms with E-state index < -0.39 is 18.0 Å². The number of amides is 2. The fourth-order valence-corrected chi connectivity index (χ4v) is 2.34. The van der Waals surface area contributed by atoms with Crippen LogP contribution in [0.5, 0.6) is 5.75 Å². The van der Waals surface area contributed by atoms with Gasteiger partial charge in [-0.05, 0) is 43.3 Å². The first-order chi connectivity index (χ1) is 12.9. The van der Waals surface area contributed by atoms with Gasteiger partial charge >= 0.3 is 5.97 Å². The maximum Gasteiger partial charge on any atom is 0.326 e. The number of hydrogen-bond donors (Lipinski definition) is 1. The summed E-state index contributed by atoms with van der Waals surface area (Å²) in [5, 5.41) is 2.46. The van der Waals surface area contributed by atoms with Crippen LogP contribution in [0.2, 0.25) is 0 Å². The molecule has 7 nitrogen and oxygen atoms in total. The van der Waals surface area contributed by atoms with Gasteiger partial charge in [-0.25, -0.2) is 0 Å². The zero-order chi connectivity index (χ0) is 19.8. The van der Waals surface area contributed by atoms with Crippen molar-refractivity contribution >= 4 is 23.5 Å². The zero-order valence-electron chi connectivity index (χ0n) is 15.5. The second-order valence-corrected chi connectivity index (χ2v) is 5.78. The van der Waals surface area contributed by atoms with Crippen molar-refractivity contribution in [2.75, 3.05) is 25.6 Å². The van der Waals surface area contributed by atoms with Gasteiger partial charge in [-0.1, -0.05) is 18.2 Å². The Labute approximate surface area is 157 Å². The van der Waals surface area contributed by atoms with Gasteiger partial charge in [0.05, 0.1) is 7.11 Å². The van der Waals surface area contributed by atoms with Crippen molar-refractivity contribution in [1.82, 2.24) is 5.32 Å². The largest absolute Gasteiger partial charge is 0.497 e. The average molecular weight is 370 g/mol. The molecule has 0 unspecified atom stereocenters. The lowest BCUT2D eigenvalue weighted by atomic mass is 10.2. The number of hydrogen-bond acceptors (Lipinski definition) is 5. The molecule has 0 spiro atoms. The lowest BCUT2D eigenvalue weighted by Crippen LogP contribution is -2.39. The summed E-state index contributed by atoms with van der Waals surface area (Å²) in [5.41, 5.74) is 1.08. The third kappa shape index (κ3) is 5.57. The third-order valence-electron chi connectivity index (χ3n) is 3.88. The number of carbonyl (C=O) groups excluding carboxylic acids is 3. The van der Waals surface area contributed by atoms with E-state index in [4.69, 9.17) is 9.47 Å². The van der Waals surface area contributed by atoms with E-state index in [1.807, 2.05) is 18.2 Å². The van der Waals surface area contributed by atoms with Crippen molar-refractivity contribution < 1.29 is 23.9 Å². The quantitative estimate of drug-likeness (QED) is 0.754. The minimum Gasteiger partial charge on any atom is -0.497 e. The minimum absolute atomic E-state index is 0.336. The highest BCUT2D eigenvalue weighted by Gasteiger charge is 2.22. The number of carbonyl (C=O) groups is 3. The molecular weight excluding hydrogens is 348 g/mol. The number of ether oxygens (including phenoxy) is 2. The Morgan fingerprint density at radius 2 is 1.67 bits per heavy atom. The molecule has 0 aliphatic carbocycles. The summed E-state index contributed by atoms with van der Waals surface area (Å²) in [4.78, 5) is 37.7. The van der Waals surface area contributed by atoms with Gasteiger partial charge in [-0.2, -0.15) is 0 Å². The van der Waals surface area contributed by atoms with Crippen LogP contribution >= 0.6 is 0 Å². The molecule has 0 bridgehead atoms. The summed E-state index contributed by atoms with van der Waals surface area (Å²) in [6, 6.07) is 15.5. The second-order valence-electron chi connectivity index (χ2n) is 5.78. The Bertz CT molecular complexity index is 790. The van der Waals surface area contributed by atoms with Gasteiger partial charge in [0.25, 0.3) is 11.8 Å². The number of methoxy groups -OCH3 is 1. The van der Waals surface area contributed by atoms with E-state index in [1.54, 1.807) is 43.4 Å². The fourth-order valence-electron chi connectivity index (χ4n) is 2.34. The minimum atomic E-state index is -0.972. The molecule has 0 radical (unpaired) electrons. The Kier molecular flexibility index (Phi) is 6.93. The SMILES string of the molecule is COc1ccc(C(=O)NCC(=O)O[C@@H](C)C(=O)N(C)c2ccccc2)cc1. The number of anilines is 1. The first kappa shape index (κ1) is 20.0. The Hall–Kier alpha value is -3.35. The van der Waals surface area contributed by atoms with Gasteiger partial charge in [0, 0.05) is 18.3 Å². The molecule has 7 heteroatoms. The highest BCUT2D eigenvalue weighted by atomic mass is 16.5. The van der Waals surface area contributed by atoms with Crippen LogP contribution in [0.3, 0.4) is 0 Å². The van der Waals surface area contributed by atoms with Crippen LogP contribution in [-0.2, 0) is 14.3 Å². The number of nitrogens with one attached hydrogen (secondary N) is 1. The van der Waals surface area contributed by atoms with Crippen LogP contribution in [0, 0.1) is 0 Å². The van der Waals surface area contributed by atoms with E-state index in [0.717, 1.165) is 0 Å². The van der Waals surface area contributed by atoms with E-state index in [9.17, 15) is 14.4 Å². The van der Waals surface area contributed by atoms with Crippen molar-refractivity contribution in [2.45, 2.75) is 13.0 Å². The van der Waals surface area contributed by atoms with Gasteiger partial charge in [0.1, 0.15) is 12.3 Å². The van der Waals surface area contributed by atoms with Crippen LogP contribution in [-0.4, -0.2) is 44.6 Å². The summed E-state index contributed by atoms with van der Waals surface area (Å²) < 4.78 is 10.1. The fraction of sp³-hybridized carbons (Fsp3) is 0.250. The predicted molar refractivity (Wildman–Crippen MR) is 101 cm³/mol. The molecule has 142 valence electrons. The number of benzene rings is 2. The number of nitrogens with zero attached hydrogens (tertiary/aromatic N) is 1. The van der Waals surface area contributed by atoms with Crippen molar-refractivity contribution in [1.29, 1.82) is 0 Å². The van der Waals surface area contributed by atoms with Crippen LogP contribution in [0.15, 0.2) is 54.6 Å². The normalized spacial score (nSPS) is 11.2. The summed E-state index contributed by atoms with van der Waals surface area (Å²) in [6.07, 6.45) is -0.972. The lowest BCUT2D eigenvalue weighted by molar-refractivity contribution is -0.152. The molecule has 27 heavy (non-hydrogen) atoms. The molecule has 0 saturated carbocycles. The molecule has 2 aromatic rings. The molecule has 0 aliphatic heterocycles. The highest BCUT2D eigenvalue weighted by Crippen LogP contribution is 2.13. The van der Waals surface area contributed by atoms with Crippen molar-refractivity contribution in [3.05, 3.63) is 60.2 Å². The van der Waals surface area contributed by atoms with E-state index in [1.165, 1.54) is 18.9 Å². The van der Waals surface area contributed by atoms with Crippen LogP contribution in [0.25, 0.3) is 0 Å². The Morgan fingerprint density at radius 3 is 2.26 bits per heavy atom. The maximum absolute atomic E-state index is 12.3. The van der Waals surface area contributed by atoms with Gasteiger partial charge in [-0.3, -0.25) is 14.4 Å². The topological polar surface area (TPSA) is 84.9 Å². The first-order valence-corrected chi connectivity index (χ1v) is 8.36. The van der Waals surface area contributed by atoms with Crippen LogP contribution < -0.4 is 15.0 Å². The van der Waals surface area contributed by atoms with Crippen molar-refractivity contribution in [3.8, 4) is 5.75 Å². The van der Waals surface area contributed by atoms with Crippen LogP contribution in [0.4, 0.5) is 5.69 Å². The highest BCUT2D eigenvalue weighted by molar-refractivity contribution is 5.98. The summed E-state index contributed by atoms with van der Waals surface area (Å²) in [5.74, 6) is -0.856. The molecule has 2 rings (SSSR count). The molecule has 0 saturated heterocycles. The van der Waals surface area contributed by atoms with E-state index in [2.05, 4.69) is 5.32 Å². The molecular formula is C20H22N2O5. The summed E-state index contributed by atoms with van der Waals surface area (Å²) >= 11 is 0. The first-order valence-electron chi connectivity index (χ1n) is 8.36. The van der Waals surface area contributed by atoms with E-state index >= 15 is 0 Å². The average Bonchev–Trinajstić information content (AvgIpc) is 2.71. The van der Waals surface area contributed by atoms with Gasteiger partial charge in [0.15, 0.2) is 6.10 Å². The third-order valence-corrected chi connectivity index (χ3v) is 3.88.